The Hall–Kier alpha value is -0.427. The predicted molar refractivity (Wildman–Crippen MR) is 110 cm³/mol. The molecule has 0 heterocycles. The van der Waals surface area contributed by atoms with Crippen LogP contribution in [-0.4, -0.2) is 29.8 Å². The summed E-state index contributed by atoms with van der Waals surface area (Å²) in [4.78, 5) is 0. The Morgan fingerprint density at radius 3 is 1.12 bits per heavy atom. The molecule has 0 spiro atoms. The van der Waals surface area contributed by atoms with Crippen LogP contribution in [0.25, 0.3) is 0 Å². The van der Waals surface area contributed by atoms with E-state index >= 15 is 0 Å². The maximum absolute atomic E-state index is 5.74. The molecule has 2 aromatic rings. The predicted octanol–water partition coefficient (Wildman–Crippen LogP) is 5.60. The Morgan fingerprint density at radius 1 is 0.600 bits per heavy atom. The SMILES string of the molecule is C[Si](C)(C)OCC[c-]1cccc1.C[Si](C)(C)OCC[c-]1cccc1.[Fe+2]. The van der Waals surface area contributed by atoms with Crippen molar-refractivity contribution in [2.24, 2.45) is 0 Å². The van der Waals surface area contributed by atoms with Gasteiger partial charge in [-0.05, 0) is 39.3 Å². The van der Waals surface area contributed by atoms with Gasteiger partial charge in [-0.25, -0.2) is 24.3 Å². The van der Waals surface area contributed by atoms with E-state index in [9.17, 15) is 0 Å². The summed E-state index contributed by atoms with van der Waals surface area (Å²) in [5.74, 6) is 0. The zero-order valence-electron chi connectivity index (χ0n) is 16.6. The molecule has 0 saturated heterocycles. The minimum Gasteiger partial charge on any atom is -0.418 e. The normalized spacial score (nSPS) is 11.4. The van der Waals surface area contributed by atoms with Crippen molar-refractivity contribution in [1.29, 1.82) is 0 Å². The maximum Gasteiger partial charge on any atom is 2.00 e. The first-order chi connectivity index (χ1) is 11.2. The summed E-state index contributed by atoms with van der Waals surface area (Å²) in [6.07, 6.45) is 2.11. The molecule has 0 aliphatic heterocycles. The van der Waals surface area contributed by atoms with Crippen molar-refractivity contribution in [1.82, 2.24) is 0 Å². The second kappa shape index (κ2) is 12.0. The van der Waals surface area contributed by atoms with Gasteiger partial charge >= 0.3 is 17.1 Å². The minimum atomic E-state index is -1.29. The molecule has 0 aliphatic carbocycles. The molecule has 2 nitrogen and oxygen atoms in total. The quantitative estimate of drug-likeness (QED) is 0.411. The summed E-state index contributed by atoms with van der Waals surface area (Å²) in [6, 6.07) is 16.9. The Morgan fingerprint density at radius 2 is 0.880 bits per heavy atom. The summed E-state index contributed by atoms with van der Waals surface area (Å²) >= 11 is 0. The van der Waals surface area contributed by atoms with E-state index in [2.05, 4.69) is 87.8 Å². The van der Waals surface area contributed by atoms with Crippen molar-refractivity contribution in [3.05, 3.63) is 59.7 Å². The zero-order valence-corrected chi connectivity index (χ0v) is 19.7. The first kappa shape index (κ1) is 24.6. The molecule has 0 bridgehead atoms. The Balaban J connectivity index is 0.000000443. The molecule has 0 unspecified atom stereocenters. The van der Waals surface area contributed by atoms with Crippen LogP contribution in [0.3, 0.4) is 0 Å². The molecule has 0 saturated carbocycles. The van der Waals surface area contributed by atoms with Gasteiger partial charge in [-0.15, -0.1) is 0 Å². The van der Waals surface area contributed by atoms with E-state index in [0.29, 0.717) is 0 Å². The summed E-state index contributed by atoms with van der Waals surface area (Å²) < 4.78 is 11.5. The molecule has 2 aromatic carbocycles. The van der Waals surface area contributed by atoms with Gasteiger partial charge in [0.1, 0.15) is 0 Å². The average Bonchev–Trinajstić information content (AvgIpc) is 3.09. The molecule has 5 heteroatoms. The van der Waals surface area contributed by atoms with Gasteiger partial charge in [0.05, 0.1) is 0 Å². The van der Waals surface area contributed by atoms with Gasteiger partial charge < -0.3 is 8.85 Å². The fourth-order valence-electron chi connectivity index (χ4n) is 2.11. The first-order valence-electron chi connectivity index (χ1n) is 8.85. The molecule has 0 aliphatic rings. The summed E-state index contributed by atoms with van der Waals surface area (Å²) in [6.45, 7) is 15.1. The van der Waals surface area contributed by atoms with E-state index in [4.69, 9.17) is 8.85 Å². The minimum absolute atomic E-state index is 0. The second-order valence-corrected chi connectivity index (χ2v) is 17.0. The number of rotatable bonds is 8. The molecule has 142 valence electrons. The molecule has 25 heavy (non-hydrogen) atoms. The van der Waals surface area contributed by atoms with Crippen LogP contribution >= 0.6 is 0 Å². The molecule has 0 fully saturated rings. The van der Waals surface area contributed by atoms with Crippen LogP contribution < -0.4 is 0 Å². The summed E-state index contributed by atoms with van der Waals surface area (Å²) in [5, 5.41) is 0. The van der Waals surface area contributed by atoms with Crippen molar-refractivity contribution in [3.8, 4) is 0 Å². The van der Waals surface area contributed by atoms with Crippen LogP contribution in [0.4, 0.5) is 0 Å². The third kappa shape index (κ3) is 14.4. The van der Waals surface area contributed by atoms with Gasteiger partial charge in [0.15, 0.2) is 16.6 Å². The van der Waals surface area contributed by atoms with Gasteiger partial charge in [-0.2, -0.15) is 35.4 Å². The van der Waals surface area contributed by atoms with Crippen molar-refractivity contribution < 1.29 is 25.9 Å². The van der Waals surface area contributed by atoms with Gasteiger partial charge in [-0.1, -0.05) is 12.8 Å². The molecule has 0 N–H and O–H groups in total. The Bertz CT molecular complexity index is 473. The van der Waals surface area contributed by atoms with E-state index in [1.165, 1.54) is 11.1 Å². The largest absolute Gasteiger partial charge is 2.00 e. The average molecular weight is 419 g/mol. The van der Waals surface area contributed by atoms with E-state index < -0.39 is 16.6 Å². The third-order valence-electron chi connectivity index (χ3n) is 3.32. The summed E-state index contributed by atoms with van der Waals surface area (Å²) in [5.41, 5.74) is 2.77. The molecule has 2 rings (SSSR count). The maximum atomic E-state index is 5.74. The zero-order chi connectivity index (χ0) is 18.1. The van der Waals surface area contributed by atoms with Gasteiger partial charge in [0.2, 0.25) is 0 Å². The fourth-order valence-corrected chi connectivity index (χ4v) is 3.54. The topological polar surface area (TPSA) is 18.5 Å². The van der Waals surface area contributed by atoms with Crippen molar-refractivity contribution in [2.75, 3.05) is 13.2 Å². The Kier molecular flexibility index (Phi) is 11.8. The molecular weight excluding hydrogens is 384 g/mol. The number of hydrogen-bond acceptors (Lipinski definition) is 2. The number of hydrogen-bond donors (Lipinski definition) is 0. The van der Waals surface area contributed by atoms with Crippen LogP contribution in [0.1, 0.15) is 11.1 Å². The van der Waals surface area contributed by atoms with Crippen LogP contribution in [0.2, 0.25) is 39.3 Å². The molecule has 0 atom stereocenters. The van der Waals surface area contributed by atoms with E-state index in [-0.39, 0.29) is 17.1 Å². The van der Waals surface area contributed by atoms with E-state index in [1.807, 2.05) is 0 Å². The van der Waals surface area contributed by atoms with Crippen molar-refractivity contribution >= 4 is 16.6 Å². The molecular formula is C20H34FeO2Si2. The van der Waals surface area contributed by atoms with Crippen LogP contribution in [-0.2, 0) is 38.8 Å². The van der Waals surface area contributed by atoms with E-state index in [0.717, 1.165) is 26.1 Å². The van der Waals surface area contributed by atoms with Crippen LogP contribution in [0.5, 0.6) is 0 Å². The van der Waals surface area contributed by atoms with Crippen molar-refractivity contribution in [2.45, 2.75) is 52.1 Å². The second-order valence-electron chi connectivity index (χ2n) is 8.01. The monoisotopic (exact) mass is 418 g/mol. The smallest absolute Gasteiger partial charge is 0.418 e. The van der Waals surface area contributed by atoms with Gasteiger partial charge in [0.25, 0.3) is 0 Å². The third-order valence-corrected chi connectivity index (χ3v) is 5.46. The summed E-state index contributed by atoms with van der Waals surface area (Å²) in [7, 11) is -2.58. The Labute approximate surface area is 167 Å². The van der Waals surface area contributed by atoms with Gasteiger partial charge in [-0.3, -0.25) is 0 Å². The molecule has 0 amide bonds. The van der Waals surface area contributed by atoms with Gasteiger partial charge in [0, 0.05) is 13.2 Å². The van der Waals surface area contributed by atoms with Crippen molar-refractivity contribution in [3.63, 3.8) is 0 Å². The molecule has 0 aromatic heterocycles. The molecule has 0 radical (unpaired) electrons. The standard InChI is InChI=1S/2C10H17OSi.Fe/c2*1-12(2,3)11-9-8-10-6-4-5-7-10;/h2*4-7H,8-9H2,1-3H3;/q2*-1;+2. The fraction of sp³-hybridized carbons (Fsp3) is 0.500. The van der Waals surface area contributed by atoms with E-state index in [1.54, 1.807) is 0 Å². The van der Waals surface area contributed by atoms with Crippen LogP contribution in [0, 0.1) is 0 Å². The first-order valence-corrected chi connectivity index (χ1v) is 15.7. The van der Waals surface area contributed by atoms with Crippen LogP contribution in [0.15, 0.2) is 48.5 Å².